The third-order valence-corrected chi connectivity index (χ3v) is 4.81. The highest BCUT2D eigenvalue weighted by atomic mass is 16.5. The van der Waals surface area contributed by atoms with Gasteiger partial charge in [-0.3, -0.25) is 0 Å². The Labute approximate surface area is 119 Å². The average molecular weight is 268 g/mol. The van der Waals surface area contributed by atoms with E-state index >= 15 is 0 Å². The van der Waals surface area contributed by atoms with Crippen LogP contribution < -0.4 is 5.32 Å². The van der Waals surface area contributed by atoms with Crippen LogP contribution in [-0.4, -0.2) is 50.3 Å². The molecule has 0 aromatic carbocycles. The molecule has 2 unspecified atom stereocenters. The standard InChI is InChI=1S/C16H32N2O/c1-14(2)15-5-3-9-18(10-7-15)11-8-17-13-16-6-4-12-19-16/h14-17H,3-13H2,1-2H3. The first-order valence-electron chi connectivity index (χ1n) is 8.30. The minimum Gasteiger partial charge on any atom is -0.377 e. The summed E-state index contributed by atoms with van der Waals surface area (Å²) in [4.78, 5) is 2.64. The van der Waals surface area contributed by atoms with E-state index in [1.165, 1.54) is 51.7 Å². The van der Waals surface area contributed by atoms with Gasteiger partial charge in [-0.15, -0.1) is 0 Å². The zero-order valence-corrected chi connectivity index (χ0v) is 12.9. The second kappa shape index (κ2) is 8.23. The Bertz CT molecular complexity index is 239. The van der Waals surface area contributed by atoms with Gasteiger partial charge < -0.3 is 15.0 Å². The molecule has 3 nitrogen and oxygen atoms in total. The van der Waals surface area contributed by atoms with Crippen molar-refractivity contribution >= 4 is 0 Å². The molecule has 0 spiro atoms. The van der Waals surface area contributed by atoms with Crippen LogP contribution in [0.25, 0.3) is 0 Å². The van der Waals surface area contributed by atoms with E-state index in [0.29, 0.717) is 6.10 Å². The van der Waals surface area contributed by atoms with Crippen LogP contribution in [0.5, 0.6) is 0 Å². The van der Waals surface area contributed by atoms with Crippen molar-refractivity contribution in [3.8, 4) is 0 Å². The van der Waals surface area contributed by atoms with Gasteiger partial charge in [0, 0.05) is 26.2 Å². The van der Waals surface area contributed by atoms with Crippen molar-refractivity contribution < 1.29 is 4.74 Å². The fourth-order valence-corrected chi connectivity index (χ4v) is 3.38. The molecule has 0 aliphatic carbocycles. The lowest BCUT2D eigenvalue weighted by atomic mass is 9.89. The molecule has 0 aromatic heterocycles. The molecule has 2 atom stereocenters. The second-order valence-electron chi connectivity index (χ2n) is 6.62. The molecule has 19 heavy (non-hydrogen) atoms. The van der Waals surface area contributed by atoms with E-state index in [1.54, 1.807) is 0 Å². The Morgan fingerprint density at radius 3 is 2.79 bits per heavy atom. The number of likely N-dealkylation sites (tertiary alicyclic amines) is 1. The number of nitrogens with zero attached hydrogens (tertiary/aromatic N) is 1. The van der Waals surface area contributed by atoms with E-state index in [4.69, 9.17) is 4.74 Å². The van der Waals surface area contributed by atoms with Crippen LogP contribution in [-0.2, 0) is 4.74 Å². The molecule has 112 valence electrons. The first-order valence-corrected chi connectivity index (χ1v) is 8.30. The first-order chi connectivity index (χ1) is 9.25. The van der Waals surface area contributed by atoms with E-state index in [1.807, 2.05) is 0 Å². The molecule has 2 saturated heterocycles. The van der Waals surface area contributed by atoms with E-state index in [-0.39, 0.29) is 0 Å². The van der Waals surface area contributed by atoms with Crippen molar-refractivity contribution in [3.63, 3.8) is 0 Å². The average Bonchev–Trinajstić information content (AvgIpc) is 2.79. The molecule has 1 N–H and O–H groups in total. The fourth-order valence-electron chi connectivity index (χ4n) is 3.38. The Morgan fingerprint density at radius 1 is 1.16 bits per heavy atom. The van der Waals surface area contributed by atoms with Gasteiger partial charge in [0.1, 0.15) is 0 Å². The zero-order chi connectivity index (χ0) is 13.5. The summed E-state index contributed by atoms with van der Waals surface area (Å²) < 4.78 is 5.63. The van der Waals surface area contributed by atoms with Crippen LogP contribution in [0, 0.1) is 11.8 Å². The lowest BCUT2D eigenvalue weighted by Crippen LogP contribution is -2.36. The maximum absolute atomic E-state index is 5.63. The summed E-state index contributed by atoms with van der Waals surface area (Å²) in [6.07, 6.45) is 7.17. The van der Waals surface area contributed by atoms with E-state index < -0.39 is 0 Å². The molecule has 2 fully saturated rings. The van der Waals surface area contributed by atoms with Crippen LogP contribution in [0.4, 0.5) is 0 Å². The highest BCUT2D eigenvalue weighted by Crippen LogP contribution is 2.24. The molecule has 2 heterocycles. The zero-order valence-electron chi connectivity index (χ0n) is 12.9. The van der Waals surface area contributed by atoms with Crippen LogP contribution in [0.3, 0.4) is 0 Å². The number of hydrogen-bond donors (Lipinski definition) is 1. The molecule has 0 aromatic rings. The molecule has 2 aliphatic rings. The van der Waals surface area contributed by atoms with Gasteiger partial charge in [-0.25, -0.2) is 0 Å². The van der Waals surface area contributed by atoms with Gasteiger partial charge in [0.15, 0.2) is 0 Å². The summed E-state index contributed by atoms with van der Waals surface area (Å²) in [7, 11) is 0. The highest BCUT2D eigenvalue weighted by Gasteiger charge is 2.19. The van der Waals surface area contributed by atoms with Gasteiger partial charge in [-0.2, -0.15) is 0 Å². The fraction of sp³-hybridized carbons (Fsp3) is 1.00. The Morgan fingerprint density at radius 2 is 2.05 bits per heavy atom. The summed E-state index contributed by atoms with van der Waals surface area (Å²) in [6.45, 7) is 11.7. The minimum atomic E-state index is 0.481. The summed E-state index contributed by atoms with van der Waals surface area (Å²) in [5, 5.41) is 3.56. The minimum absolute atomic E-state index is 0.481. The normalized spacial score (nSPS) is 29.8. The number of hydrogen-bond acceptors (Lipinski definition) is 3. The van der Waals surface area contributed by atoms with Crippen molar-refractivity contribution in [3.05, 3.63) is 0 Å². The van der Waals surface area contributed by atoms with Gasteiger partial charge in [0.2, 0.25) is 0 Å². The predicted molar refractivity (Wildman–Crippen MR) is 80.5 cm³/mol. The van der Waals surface area contributed by atoms with Crippen LogP contribution in [0.1, 0.15) is 46.0 Å². The topological polar surface area (TPSA) is 24.5 Å². The quantitative estimate of drug-likeness (QED) is 0.749. The van der Waals surface area contributed by atoms with Crippen molar-refractivity contribution in [2.45, 2.75) is 52.1 Å². The van der Waals surface area contributed by atoms with Gasteiger partial charge in [-0.05, 0) is 57.0 Å². The van der Waals surface area contributed by atoms with Gasteiger partial charge in [0.25, 0.3) is 0 Å². The lowest BCUT2D eigenvalue weighted by Gasteiger charge is -2.21. The van der Waals surface area contributed by atoms with Crippen molar-refractivity contribution in [1.82, 2.24) is 10.2 Å². The predicted octanol–water partition coefficient (Wildman–Crippen LogP) is 2.51. The first kappa shape index (κ1) is 15.3. The van der Waals surface area contributed by atoms with Crippen LogP contribution in [0.15, 0.2) is 0 Å². The Kier molecular flexibility index (Phi) is 6.62. The van der Waals surface area contributed by atoms with Gasteiger partial charge >= 0.3 is 0 Å². The van der Waals surface area contributed by atoms with Crippen molar-refractivity contribution in [2.24, 2.45) is 11.8 Å². The Hall–Kier alpha value is -0.120. The lowest BCUT2D eigenvalue weighted by molar-refractivity contribution is 0.109. The van der Waals surface area contributed by atoms with E-state index in [9.17, 15) is 0 Å². The third-order valence-electron chi connectivity index (χ3n) is 4.81. The number of nitrogens with one attached hydrogen (secondary N) is 1. The molecule has 0 amide bonds. The number of ether oxygens (including phenoxy) is 1. The van der Waals surface area contributed by atoms with Gasteiger partial charge in [0.05, 0.1) is 6.10 Å². The SMILES string of the molecule is CC(C)C1CCCN(CCNCC2CCCO2)CC1. The smallest absolute Gasteiger partial charge is 0.0700 e. The van der Waals surface area contributed by atoms with Crippen LogP contribution in [0.2, 0.25) is 0 Å². The maximum Gasteiger partial charge on any atom is 0.0700 e. The largest absolute Gasteiger partial charge is 0.377 e. The molecule has 2 aliphatic heterocycles. The summed E-state index contributed by atoms with van der Waals surface area (Å²) in [5.41, 5.74) is 0. The highest BCUT2D eigenvalue weighted by molar-refractivity contribution is 4.73. The molecule has 0 radical (unpaired) electrons. The molecular formula is C16H32N2O. The van der Waals surface area contributed by atoms with E-state index in [2.05, 4.69) is 24.1 Å². The Balaban J connectivity index is 1.55. The second-order valence-corrected chi connectivity index (χ2v) is 6.62. The third kappa shape index (κ3) is 5.41. The molecular weight excluding hydrogens is 236 g/mol. The summed E-state index contributed by atoms with van der Waals surface area (Å²) in [6, 6.07) is 0. The molecule has 3 heteroatoms. The van der Waals surface area contributed by atoms with Crippen molar-refractivity contribution in [2.75, 3.05) is 39.3 Å². The molecule has 2 rings (SSSR count). The summed E-state index contributed by atoms with van der Waals surface area (Å²) in [5.74, 6) is 1.81. The van der Waals surface area contributed by atoms with Crippen LogP contribution >= 0.6 is 0 Å². The monoisotopic (exact) mass is 268 g/mol. The summed E-state index contributed by atoms with van der Waals surface area (Å²) >= 11 is 0. The molecule has 0 bridgehead atoms. The number of rotatable bonds is 6. The van der Waals surface area contributed by atoms with Gasteiger partial charge in [-0.1, -0.05) is 13.8 Å². The van der Waals surface area contributed by atoms with E-state index in [0.717, 1.165) is 31.5 Å². The maximum atomic E-state index is 5.63. The van der Waals surface area contributed by atoms with Crippen molar-refractivity contribution in [1.29, 1.82) is 0 Å². The molecule has 0 saturated carbocycles.